The summed E-state index contributed by atoms with van der Waals surface area (Å²) in [7, 11) is 0. The molecular formula is C19H20N4O2S. The van der Waals surface area contributed by atoms with Crippen molar-refractivity contribution in [2.24, 2.45) is 5.92 Å². The number of aromatic nitrogens is 3. The summed E-state index contributed by atoms with van der Waals surface area (Å²) in [6, 6.07) is 6.06. The molecule has 4 heterocycles. The molecule has 4 rings (SSSR count). The van der Waals surface area contributed by atoms with E-state index in [1.165, 1.54) is 11.3 Å². The molecule has 1 fully saturated rings. The maximum Gasteiger partial charge on any atom is 0.273 e. The molecule has 0 aliphatic carbocycles. The molecule has 3 aromatic heterocycles. The first-order valence-electron chi connectivity index (χ1n) is 8.68. The fourth-order valence-electron chi connectivity index (χ4n) is 3.54. The summed E-state index contributed by atoms with van der Waals surface area (Å²) in [5.41, 5.74) is 6.01. The first-order chi connectivity index (χ1) is 12.6. The number of carbonyl (C=O) groups is 1. The van der Waals surface area contributed by atoms with Gasteiger partial charge in [0.1, 0.15) is 11.5 Å². The molecule has 134 valence electrons. The number of hydrogen-bond acceptors (Lipinski definition) is 6. The lowest BCUT2D eigenvalue weighted by Crippen LogP contribution is -2.29. The van der Waals surface area contributed by atoms with Crippen LogP contribution in [0.2, 0.25) is 0 Å². The molecule has 0 aromatic carbocycles. The molecule has 0 bridgehead atoms. The van der Waals surface area contributed by atoms with Crippen molar-refractivity contribution in [3.8, 4) is 11.3 Å². The largest absolute Gasteiger partial charge is 0.361 e. The highest BCUT2D eigenvalue weighted by Crippen LogP contribution is 2.27. The Kier molecular flexibility index (Phi) is 4.55. The maximum atomic E-state index is 12.4. The smallest absolute Gasteiger partial charge is 0.273 e. The molecule has 0 N–H and O–H groups in total. The second kappa shape index (κ2) is 6.99. The van der Waals surface area contributed by atoms with Gasteiger partial charge < -0.3 is 9.42 Å². The summed E-state index contributed by atoms with van der Waals surface area (Å²) in [5, 5.41) is 5.82. The molecule has 0 saturated carbocycles. The van der Waals surface area contributed by atoms with E-state index in [4.69, 9.17) is 9.51 Å². The van der Waals surface area contributed by atoms with E-state index in [1.807, 2.05) is 42.3 Å². The van der Waals surface area contributed by atoms with Gasteiger partial charge in [0.15, 0.2) is 0 Å². The minimum absolute atomic E-state index is 0.0335. The number of rotatable bonds is 4. The number of hydrogen-bond donors (Lipinski definition) is 0. The molecule has 1 amide bonds. The van der Waals surface area contributed by atoms with Crippen LogP contribution in [0.25, 0.3) is 11.3 Å². The summed E-state index contributed by atoms with van der Waals surface area (Å²) in [4.78, 5) is 23.3. The van der Waals surface area contributed by atoms with Gasteiger partial charge in [0, 0.05) is 24.2 Å². The van der Waals surface area contributed by atoms with E-state index in [0.29, 0.717) is 11.6 Å². The van der Waals surface area contributed by atoms with Gasteiger partial charge in [0.05, 0.1) is 22.5 Å². The molecule has 3 aromatic rings. The third kappa shape index (κ3) is 3.26. The van der Waals surface area contributed by atoms with Crippen molar-refractivity contribution in [3.63, 3.8) is 0 Å². The third-order valence-corrected chi connectivity index (χ3v) is 5.41. The van der Waals surface area contributed by atoms with Gasteiger partial charge in [-0.15, -0.1) is 11.3 Å². The molecule has 1 aliphatic rings. The minimum atomic E-state index is 0.0335. The fraction of sp³-hybridized carbons (Fsp3) is 0.368. The molecule has 7 heteroatoms. The molecule has 0 unspecified atom stereocenters. The Hall–Kier alpha value is -2.54. The Labute approximate surface area is 155 Å². The van der Waals surface area contributed by atoms with Crippen molar-refractivity contribution >= 4 is 17.2 Å². The quantitative estimate of drug-likeness (QED) is 0.705. The highest BCUT2D eigenvalue weighted by molar-refractivity contribution is 7.07. The van der Waals surface area contributed by atoms with Crippen molar-refractivity contribution in [2.45, 2.75) is 26.7 Å². The number of carbonyl (C=O) groups excluding carboxylic acids is 1. The molecule has 1 saturated heterocycles. The predicted octanol–water partition coefficient (Wildman–Crippen LogP) is 3.51. The number of nitrogens with zero attached hydrogens (tertiary/aromatic N) is 4. The lowest BCUT2D eigenvalue weighted by molar-refractivity contribution is 0.0782. The SMILES string of the molecule is Cc1noc(C)c1-c1cccc(C[C@@H]2CCN(C(=O)c3cscn3)C2)n1. The highest BCUT2D eigenvalue weighted by Gasteiger charge is 2.28. The van der Waals surface area contributed by atoms with E-state index in [1.54, 1.807) is 5.51 Å². The summed E-state index contributed by atoms with van der Waals surface area (Å²) in [6.07, 6.45) is 1.85. The van der Waals surface area contributed by atoms with Crippen LogP contribution in [0.3, 0.4) is 0 Å². The molecule has 0 spiro atoms. The van der Waals surface area contributed by atoms with Gasteiger partial charge in [0.2, 0.25) is 0 Å². The fourth-order valence-corrected chi connectivity index (χ4v) is 4.07. The molecule has 1 aliphatic heterocycles. The van der Waals surface area contributed by atoms with Crippen LogP contribution in [-0.2, 0) is 6.42 Å². The van der Waals surface area contributed by atoms with Crippen LogP contribution in [0.4, 0.5) is 0 Å². The number of pyridine rings is 1. The number of aryl methyl sites for hydroxylation is 2. The standard InChI is InChI=1S/C19H20N4O2S/c1-12-18(13(2)25-22-12)16-5-3-4-15(21-16)8-14-6-7-23(9-14)19(24)17-10-26-11-20-17/h3-5,10-11,14H,6-9H2,1-2H3/t14-/m0/s1. The third-order valence-electron chi connectivity index (χ3n) is 4.82. The summed E-state index contributed by atoms with van der Waals surface area (Å²) >= 11 is 1.45. The van der Waals surface area contributed by atoms with Crippen molar-refractivity contribution in [2.75, 3.05) is 13.1 Å². The van der Waals surface area contributed by atoms with E-state index in [9.17, 15) is 4.79 Å². The minimum Gasteiger partial charge on any atom is -0.361 e. The van der Waals surface area contributed by atoms with Crippen LogP contribution in [-0.4, -0.2) is 39.0 Å². The zero-order chi connectivity index (χ0) is 18.1. The van der Waals surface area contributed by atoms with Crippen molar-refractivity contribution in [3.05, 3.63) is 51.9 Å². The van der Waals surface area contributed by atoms with Crippen LogP contribution in [0.5, 0.6) is 0 Å². The van der Waals surface area contributed by atoms with Gasteiger partial charge in [-0.1, -0.05) is 11.2 Å². The zero-order valence-electron chi connectivity index (χ0n) is 14.8. The Balaban J connectivity index is 1.45. The molecule has 1 atom stereocenters. The van der Waals surface area contributed by atoms with E-state index >= 15 is 0 Å². The Morgan fingerprint density at radius 2 is 2.27 bits per heavy atom. The van der Waals surface area contributed by atoms with Crippen molar-refractivity contribution in [1.82, 2.24) is 20.0 Å². The van der Waals surface area contributed by atoms with Crippen LogP contribution < -0.4 is 0 Å². The van der Waals surface area contributed by atoms with E-state index in [2.05, 4.69) is 10.1 Å². The number of amides is 1. The first-order valence-corrected chi connectivity index (χ1v) is 9.62. The Bertz CT molecular complexity index is 900. The number of likely N-dealkylation sites (tertiary alicyclic amines) is 1. The van der Waals surface area contributed by atoms with Crippen molar-refractivity contribution < 1.29 is 9.32 Å². The first kappa shape index (κ1) is 16.9. The Morgan fingerprint density at radius 3 is 3.00 bits per heavy atom. The van der Waals surface area contributed by atoms with E-state index < -0.39 is 0 Å². The van der Waals surface area contributed by atoms with Gasteiger partial charge in [-0.2, -0.15) is 0 Å². The van der Waals surface area contributed by atoms with Gasteiger partial charge in [-0.3, -0.25) is 9.78 Å². The highest BCUT2D eigenvalue weighted by atomic mass is 32.1. The Morgan fingerprint density at radius 1 is 1.38 bits per heavy atom. The molecule has 6 nitrogen and oxygen atoms in total. The van der Waals surface area contributed by atoms with Crippen LogP contribution in [0.15, 0.2) is 33.6 Å². The monoisotopic (exact) mass is 368 g/mol. The summed E-state index contributed by atoms with van der Waals surface area (Å²) in [5.74, 6) is 1.24. The van der Waals surface area contributed by atoms with Crippen LogP contribution >= 0.6 is 11.3 Å². The normalized spacial score (nSPS) is 17.0. The lowest BCUT2D eigenvalue weighted by atomic mass is 10.0. The van der Waals surface area contributed by atoms with Gasteiger partial charge >= 0.3 is 0 Å². The topological polar surface area (TPSA) is 72.1 Å². The predicted molar refractivity (Wildman–Crippen MR) is 99.0 cm³/mol. The van der Waals surface area contributed by atoms with Crippen LogP contribution in [0, 0.1) is 19.8 Å². The van der Waals surface area contributed by atoms with Crippen LogP contribution in [0.1, 0.15) is 34.1 Å². The maximum absolute atomic E-state index is 12.4. The summed E-state index contributed by atoms with van der Waals surface area (Å²) < 4.78 is 5.26. The zero-order valence-corrected chi connectivity index (χ0v) is 15.6. The molecule has 26 heavy (non-hydrogen) atoms. The lowest BCUT2D eigenvalue weighted by Gasteiger charge is -2.15. The second-order valence-electron chi connectivity index (χ2n) is 6.70. The second-order valence-corrected chi connectivity index (χ2v) is 7.42. The molecule has 0 radical (unpaired) electrons. The number of thiazole rings is 1. The van der Waals surface area contributed by atoms with E-state index in [-0.39, 0.29) is 5.91 Å². The average molecular weight is 368 g/mol. The summed E-state index contributed by atoms with van der Waals surface area (Å²) in [6.45, 7) is 5.37. The van der Waals surface area contributed by atoms with Gasteiger partial charge in [0.25, 0.3) is 5.91 Å². The average Bonchev–Trinajstić information content (AvgIpc) is 3.37. The van der Waals surface area contributed by atoms with E-state index in [0.717, 1.165) is 54.3 Å². The van der Waals surface area contributed by atoms with Gasteiger partial charge in [-0.05, 0) is 44.7 Å². The van der Waals surface area contributed by atoms with Gasteiger partial charge in [-0.25, -0.2) is 4.98 Å². The van der Waals surface area contributed by atoms with Crippen molar-refractivity contribution in [1.29, 1.82) is 0 Å². The molecular weight excluding hydrogens is 348 g/mol.